The van der Waals surface area contributed by atoms with Gasteiger partial charge in [-0.15, -0.1) is 0 Å². The predicted molar refractivity (Wildman–Crippen MR) is 6.44 cm³/mol. The summed E-state index contributed by atoms with van der Waals surface area (Å²) in [7, 11) is 0. The average molecular weight is 160 g/mol. The molecule has 17 valence electrons. The van der Waals surface area contributed by atoms with Gasteiger partial charge >= 0.3 is 19.5 Å². The van der Waals surface area contributed by atoms with Gasteiger partial charge in [0.25, 0.3) is 0 Å². The summed E-state index contributed by atoms with van der Waals surface area (Å²) in [6, 6.07) is 0. The predicted octanol–water partition coefficient (Wildman–Crippen LogP) is -0.505. The normalized spacial score (nSPS) is 0. The first-order valence-corrected chi connectivity index (χ1v) is 0. The molecule has 0 amide bonds. The second kappa shape index (κ2) is 22.8. The van der Waals surface area contributed by atoms with E-state index >= 15 is 0 Å². The molecule has 0 atom stereocenters. The minimum absolute atomic E-state index is 0. The first-order chi connectivity index (χ1) is 0. The molecule has 0 heterocycles. The molecular formula is AlCrOZn. The Bertz CT molecular complexity index is 8.00. The van der Waals surface area contributed by atoms with Crippen LogP contribution < -0.4 is 0 Å². The number of hydrogen-bond donors (Lipinski definition) is 0. The zero-order valence-electron chi connectivity index (χ0n) is 2.10. The van der Waals surface area contributed by atoms with E-state index in [1.54, 1.807) is 0 Å². The Balaban J connectivity index is 0. The summed E-state index contributed by atoms with van der Waals surface area (Å²) in [6.07, 6.45) is 0. The smallest absolute Gasteiger partial charge is 2.00 e. The van der Waals surface area contributed by atoms with Crippen molar-refractivity contribution in [1.29, 1.82) is 0 Å². The fourth-order valence-electron chi connectivity index (χ4n) is 0. The van der Waals surface area contributed by atoms with Crippen molar-refractivity contribution in [1.82, 2.24) is 0 Å². The van der Waals surface area contributed by atoms with Crippen LogP contribution in [0.1, 0.15) is 0 Å². The summed E-state index contributed by atoms with van der Waals surface area (Å²) < 4.78 is 0. The Kier molecular flexibility index (Phi) is 256. The van der Waals surface area contributed by atoms with Gasteiger partial charge < -0.3 is 5.48 Å². The van der Waals surface area contributed by atoms with Gasteiger partial charge in [0.1, 0.15) is 0 Å². The molecule has 0 fully saturated rings. The monoisotopic (exact) mass is 159 g/mol. The molecule has 4 heteroatoms. The van der Waals surface area contributed by atoms with Gasteiger partial charge in [-0.2, -0.15) is 0 Å². The quantitative estimate of drug-likeness (QED) is 0.427. The maximum absolute atomic E-state index is 0. The first-order valence-electron chi connectivity index (χ1n) is 0. The second-order valence-corrected chi connectivity index (χ2v) is 0. The van der Waals surface area contributed by atoms with E-state index in [0.717, 1.165) is 0 Å². The van der Waals surface area contributed by atoms with E-state index in [2.05, 4.69) is 0 Å². The van der Waals surface area contributed by atoms with E-state index < -0.39 is 0 Å². The molecule has 0 aliphatic heterocycles. The van der Waals surface area contributed by atoms with Crippen LogP contribution in [0.3, 0.4) is 0 Å². The van der Waals surface area contributed by atoms with E-state index in [1.165, 1.54) is 0 Å². The summed E-state index contributed by atoms with van der Waals surface area (Å²) >= 11 is 0. The van der Waals surface area contributed by atoms with Gasteiger partial charge in [0.2, 0.25) is 0 Å². The molecule has 3 radical (unpaired) electrons. The topological polar surface area (TPSA) is 28.5 Å². The molecule has 0 aliphatic carbocycles. The van der Waals surface area contributed by atoms with Crippen LogP contribution in [0.25, 0.3) is 0 Å². The molecule has 0 aromatic heterocycles. The second-order valence-electron chi connectivity index (χ2n) is 0. The third kappa shape index (κ3) is 9.42. The summed E-state index contributed by atoms with van der Waals surface area (Å²) in [5, 5.41) is 0. The summed E-state index contributed by atoms with van der Waals surface area (Å²) in [5.41, 5.74) is 0. The molecular weight excluding hydrogens is 160 g/mol. The van der Waals surface area contributed by atoms with Gasteiger partial charge in [-0.3, -0.25) is 0 Å². The molecule has 0 unspecified atom stereocenters. The average Bonchev–Trinajstić information content (AvgIpc) is 0. The fraction of sp³-hybridized carbons (Fsp3) is 0. The molecule has 0 aliphatic rings. The van der Waals surface area contributed by atoms with Gasteiger partial charge in [0.15, 0.2) is 0 Å². The van der Waals surface area contributed by atoms with Gasteiger partial charge in [-0.25, -0.2) is 0 Å². The number of hydrogen-bond acceptors (Lipinski definition) is 0. The molecule has 0 aromatic carbocycles. The standard InChI is InChI=1S/Al.Cr.O.Zn/q;;-2;+2. The maximum atomic E-state index is 0. The maximum Gasteiger partial charge on any atom is 2.00 e. The van der Waals surface area contributed by atoms with Crippen molar-refractivity contribution in [2.24, 2.45) is 0 Å². The van der Waals surface area contributed by atoms with E-state index in [9.17, 15) is 0 Å². The third-order valence-corrected chi connectivity index (χ3v) is 0. The Morgan fingerprint density at radius 1 is 1.00 bits per heavy atom. The van der Waals surface area contributed by atoms with E-state index in [1.807, 2.05) is 0 Å². The van der Waals surface area contributed by atoms with Gasteiger partial charge in [0, 0.05) is 34.7 Å². The van der Waals surface area contributed by atoms with Crippen LogP contribution in [-0.4, -0.2) is 17.4 Å². The molecule has 0 saturated heterocycles. The van der Waals surface area contributed by atoms with Gasteiger partial charge in [0.05, 0.1) is 0 Å². The molecule has 1 nitrogen and oxygen atoms in total. The minimum atomic E-state index is 0. The van der Waals surface area contributed by atoms with Crippen LogP contribution in [0.15, 0.2) is 0 Å². The molecule has 0 N–H and O–H groups in total. The Morgan fingerprint density at radius 2 is 1.00 bits per heavy atom. The van der Waals surface area contributed by atoms with Crippen molar-refractivity contribution in [3.63, 3.8) is 0 Å². The van der Waals surface area contributed by atoms with Gasteiger partial charge in [-0.1, -0.05) is 0 Å². The Labute approximate surface area is 59.5 Å². The molecule has 0 saturated carbocycles. The Hall–Kier alpha value is 1.65. The molecule has 0 aromatic rings. The molecule has 0 bridgehead atoms. The molecule has 0 spiro atoms. The van der Waals surface area contributed by atoms with Crippen molar-refractivity contribution in [2.75, 3.05) is 0 Å². The van der Waals surface area contributed by atoms with Crippen LogP contribution in [0.4, 0.5) is 0 Å². The van der Waals surface area contributed by atoms with E-state index in [4.69, 9.17) is 0 Å². The molecule has 4 heavy (non-hydrogen) atoms. The summed E-state index contributed by atoms with van der Waals surface area (Å²) in [6.45, 7) is 0. The van der Waals surface area contributed by atoms with Crippen LogP contribution in [0.5, 0.6) is 0 Å². The van der Waals surface area contributed by atoms with Crippen molar-refractivity contribution in [3.05, 3.63) is 0 Å². The molecule has 0 rings (SSSR count). The fourth-order valence-corrected chi connectivity index (χ4v) is 0. The largest absolute Gasteiger partial charge is 2.00 e. The van der Waals surface area contributed by atoms with Crippen LogP contribution >= 0.6 is 0 Å². The number of rotatable bonds is 0. The van der Waals surface area contributed by atoms with E-state index in [-0.39, 0.29) is 59.7 Å². The minimum Gasteiger partial charge on any atom is -2.00 e. The van der Waals surface area contributed by atoms with Crippen molar-refractivity contribution < 1.29 is 42.3 Å². The zero-order chi connectivity index (χ0) is 0. The van der Waals surface area contributed by atoms with Gasteiger partial charge in [-0.05, 0) is 0 Å². The summed E-state index contributed by atoms with van der Waals surface area (Å²) in [4.78, 5) is 0. The zero-order valence-corrected chi connectivity index (χ0v) is 7.50. The van der Waals surface area contributed by atoms with Crippen LogP contribution in [-0.2, 0) is 42.3 Å². The van der Waals surface area contributed by atoms with E-state index in [0.29, 0.717) is 0 Å². The summed E-state index contributed by atoms with van der Waals surface area (Å²) in [5.74, 6) is 0. The SMILES string of the molecule is [Al].[Cr].[O-2].[Zn+2]. The van der Waals surface area contributed by atoms with Crippen molar-refractivity contribution in [2.45, 2.75) is 0 Å². The van der Waals surface area contributed by atoms with Crippen LogP contribution in [0.2, 0.25) is 0 Å². The van der Waals surface area contributed by atoms with Crippen LogP contribution in [0, 0.1) is 0 Å². The first kappa shape index (κ1) is 44.9. The third-order valence-electron chi connectivity index (χ3n) is 0. The van der Waals surface area contributed by atoms with Crippen molar-refractivity contribution >= 4 is 17.4 Å². The van der Waals surface area contributed by atoms with Crippen molar-refractivity contribution in [3.8, 4) is 0 Å². The Morgan fingerprint density at radius 3 is 1.00 bits per heavy atom.